The van der Waals surface area contributed by atoms with Crippen LogP contribution >= 0.6 is 0 Å². The molecule has 0 atom stereocenters. The first-order valence-electron chi connectivity index (χ1n) is 41.0. The molecule has 0 bridgehead atoms. The first-order chi connectivity index (χ1) is 70.0. The molecule has 0 fully saturated rings. The van der Waals surface area contributed by atoms with Gasteiger partial charge in [-0.1, -0.05) is 36.4 Å². The molecule has 0 spiro atoms. The van der Waals surface area contributed by atoms with Gasteiger partial charge < -0.3 is 0 Å². The molecule has 660 valence electrons. The maximum absolute atomic E-state index is 13.6. The zero-order chi connectivity index (χ0) is 100. The largest absolute Gasteiger partial charge is 0.416 e. The molecule has 0 amide bonds. The molecule has 42 nitrogen and oxygen atoms in total. The molecule has 0 saturated carbocycles. The van der Waals surface area contributed by atoms with E-state index in [9.17, 15) is 55.3 Å². The minimum absolute atomic E-state index is 0.00177. The van der Waals surface area contributed by atoms with Gasteiger partial charge in [-0.05, 0) is 152 Å². The molecule has 9 aliphatic heterocycles. The van der Waals surface area contributed by atoms with Crippen LogP contribution in [0.3, 0.4) is 0 Å². The lowest BCUT2D eigenvalue weighted by Crippen LogP contribution is -2.25. The Hall–Kier alpha value is -23.8. The second-order valence-electron chi connectivity index (χ2n) is 30.0. The lowest BCUT2D eigenvalue weighted by molar-refractivity contribution is -0.138. The molecule has 0 saturated heterocycles. The fraction of sp³-hybridized carbons (Fsp3) is 0.0303. The molecular formula is C99H33F3N42. The number of fused-ring (bicyclic) bond motifs is 9. The number of allylic oxidation sites excluding steroid dienone is 6. The Balaban J connectivity index is 0.000000137. The van der Waals surface area contributed by atoms with Gasteiger partial charge in [0.2, 0.25) is 5.69 Å². The van der Waals surface area contributed by atoms with Crippen molar-refractivity contribution in [1.29, 1.82) is 42.1 Å². The summed E-state index contributed by atoms with van der Waals surface area (Å²) in [6.07, 6.45) is -4.63. The second kappa shape index (κ2) is 36.6. The van der Waals surface area contributed by atoms with Crippen molar-refractivity contribution in [2.45, 2.75) is 20.0 Å². The smallest absolute Gasteiger partial charge is 0.240 e. The van der Waals surface area contributed by atoms with Gasteiger partial charge in [0.05, 0.1) is 189 Å². The van der Waals surface area contributed by atoms with E-state index < -0.39 is 11.7 Å². The number of benzene rings is 9. The quantitative estimate of drug-likeness (QED) is 0.134. The van der Waals surface area contributed by atoms with Gasteiger partial charge in [-0.3, -0.25) is 0 Å². The Morgan fingerprint density at radius 2 is 0.514 bits per heavy atom. The Labute approximate surface area is 800 Å². The van der Waals surface area contributed by atoms with Crippen LogP contribution < -0.4 is 96.4 Å². The van der Waals surface area contributed by atoms with Gasteiger partial charge >= 0.3 is 23.3 Å². The van der Waals surface area contributed by atoms with Crippen molar-refractivity contribution >= 4 is 39.5 Å². The average Bonchev–Trinajstić information content (AvgIpc) is 1.62. The number of alkyl halides is 3. The van der Waals surface area contributed by atoms with E-state index in [0.29, 0.717) is 103 Å². The van der Waals surface area contributed by atoms with Gasteiger partial charge in [-0.2, -0.15) is 39.5 Å². The van der Waals surface area contributed by atoms with E-state index in [1.54, 1.807) is 140 Å². The monoisotopic (exact) mass is 1870 g/mol. The van der Waals surface area contributed by atoms with Gasteiger partial charge in [0.25, 0.3) is 17.1 Å². The van der Waals surface area contributed by atoms with Crippen LogP contribution in [0.5, 0.6) is 0 Å². The summed E-state index contributed by atoms with van der Waals surface area (Å²) in [4.78, 5) is 143. The molecule has 21 rings (SSSR count). The van der Waals surface area contributed by atoms with E-state index in [0.717, 1.165) is 6.07 Å². The van der Waals surface area contributed by atoms with E-state index in [1.165, 1.54) is 25.1 Å². The first kappa shape index (κ1) is 89.4. The minimum atomic E-state index is -4.63. The highest BCUT2D eigenvalue weighted by Crippen LogP contribution is 2.34. The summed E-state index contributed by atoms with van der Waals surface area (Å²) in [5.41, 5.74) is -0.301. The van der Waals surface area contributed by atoms with Crippen LogP contribution in [0, 0.1) is 151 Å². The summed E-state index contributed by atoms with van der Waals surface area (Å²) >= 11 is 0. The Kier molecular flexibility index (Phi) is 22.8. The van der Waals surface area contributed by atoms with Gasteiger partial charge in [0.15, 0.2) is 105 Å². The molecule has 0 unspecified atom stereocenters. The van der Waals surface area contributed by atoms with Crippen LogP contribution in [0.25, 0.3) is 102 Å². The summed E-state index contributed by atoms with van der Waals surface area (Å²) < 4.78 is 40.8. The molecule has 9 aliphatic rings. The van der Waals surface area contributed by atoms with E-state index >= 15 is 0 Å². The highest BCUT2D eigenvalue weighted by atomic mass is 19.4. The molecule has 0 radical (unpaired) electrons. The number of hydrogen-bond donors (Lipinski definition) is 0. The number of aromatic nitrogens is 9. The maximum atomic E-state index is 13.6. The molecule has 0 N–H and O–H groups in total. The van der Waals surface area contributed by atoms with Gasteiger partial charge in [0.1, 0.15) is 34.9 Å². The number of nitriles is 8. The van der Waals surface area contributed by atoms with Crippen LogP contribution in [-0.2, 0) is 6.18 Å². The van der Waals surface area contributed by atoms with Crippen LogP contribution in [-0.4, -0.2) is 44.9 Å². The van der Waals surface area contributed by atoms with Gasteiger partial charge in [-0.15, -0.1) is 0 Å². The molecule has 12 heterocycles. The van der Waals surface area contributed by atoms with Crippen molar-refractivity contribution < 1.29 is 13.2 Å². The fourth-order valence-electron chi connectivity index (χ4n) is 14.6. The van der Waals surface area contributed by atoms with E-state index in [2.05, 4.69) is 187 Å². The molecule has 12 aromatic rings. The van der Waals surface area contributed by atoms with E-state index in [-0.39, 0.29) is 194 Å². The second-order valence-corrected chi connectivity index (χ2v) is 30.0. The number of rotatable bonds is 9. The molecule has 9 aromatic carbocycles. The van der Waals surface area contributed by atoms with Crippen molar-refractivity contribution in [3.8, 4) is 82.7 Å². The summed E-state index contributed by atoms with van der Waals surface area (Å²) in [6, 6.07) is 59.5. The van der Waals surface area contributed by atoms with Crippen LogP contribution in [0.15, 0.2) is 323 Å². The normalized spacial score (nSPS) is 15.1. The Morgan fingerprint density at radius 1 is 0.257 bits per heavy atom. The lowest BCUT2D eigenvalue weighted by Gasteiger charge is -2.08. The number of nitrogens with zero attached hydrogens (tertiary/aromatic N) is 42. The average molecular weight is 1870 g/mol. The van der Waals surface area contributed by atoms with Crippen molar-refractivity contribution in [3.05, 3.63) is 472 Å². The Bertz CT molecular complexity index is 10300. The molecular weight excluding hydrogens is 1830 g/mol. The third kappa shape index (κ3) is 16.7. The topological polar surface area (TPSA) is 559 Å². The maximum Gasteiger partial charge on any atom is 0.416 e. The minimum Gasteiger partial charge on any atom is -0.240 e. The zero-order valence-electron chi connectivity index (χ0n) is 72.5. The third-order valence-corrected chi connectivity index (χ3v) is 21.3. The van der Waals surface area contributed by atoms with Crippen LogP contribution in [0.4, 0.5) is 18.9 Å². The predicted octanol–water partition coefficient (Wildman–Crippen LogP) is 5.07. The zero-order valence-corrected chi connectivity index (χ0v) is 72.5. The fourth-order valence-corrected chi connectivity index (χ4v) is 14.6. The van der Waals surface area contributed by atoms with Gasteiger partial charge in [0, 0.05) is 16.7 Å². The number of hydrogen-bond acceptors (Lipinski definition) is 35. The van der Waals surface area contributed by atoms with Crippen molar-refractivity contribution in [2.24, 2.45) is 89.9 Å². The number of aryl methyl sites for hydroxylation is 2. The summed E-state index contributed by atoms with van der Waals surface area (Å²) in [7, 11) is 0. The number of para-hydroxylation sites is 6. The highest BCUT2D eigenvalue weighted by molar-refractivity contribution is 5.82. The summed E-state index contributed by atoms with van der Waals surface area (Å²) in [5, 5.41) is 84.7. The van der Waals surface area contributed by atoms with Crippen molar-refractivity contribution in [1.82, 2.24) is 44.9 Å². The summed E-state index contributed by atoms with van der Waals surface area (Å²) in [5.74, 6) is -1.08. The van der Waals surface area contributed by atoms with Crippen LogP contribution in [0.1, 0.15) is 62.8 Å². The van der Waals surface area contributed by atoms with Crippen molar-refractivity contribution in [3.63, 3.8) is 0 Å². The van der Waals surface area contributed by atoms with Gasteiger partial charge in [-0.25, -0.2) is 184 Å². The first-order valence-corrected chi connectivity index (χ1v) is 41.0. The van der Waals surface area contributed by atoms with Crippen LogP contribution in [0.2, 0.25) is 0 Å². The van der Waals surface area contributed by atoms with Crippen molar-refractivity contribution in [2.75, 3.05) is 0 Å². The highest BCUT2D eigenvalue weighted by Gasteiger charge is 2.35. The SMILES string of the molecule is [C-]#[N+]/C(=C1/N=c2cc(C#N)c([N+]#[C-])cc2=N1)c1nc(/C(C#N)=C2/N=c3cc(C)c(C#N)cc3=N2)nc(-c2ccc3c(c2)=N/C(=C(\C#N)[N+]#[C-])N=3)n1.[C-]#[N+]/C(C#N)=C1\N=c2ccc(-c3nc(C(C#N)=C4N=c5ccccc5=N4)nc(/C([N+]#[C-])=C4/N=c5cc(C)c(C(F)(F)F)cc5=N4)n3)cc2=N1.[C-]#[N+]C(=C1N=c2ccccc2=N1)c1nc(C(C#N)=C2N=c3ccccc3=N2)nc(-c2ccc3c(c2)=N/C(=C(\C#N)[N+]#[C-])N=3)n1. The standard InChI is InChI=1S/C35H10N16.C33H12F3N13.C31H11N13/c1-16-7-23-25(9-18(16)12-36)45-31(44-23)20(14-38)32-49-30(17-5-6-21-24(8-17)46-33(43-21)28(15-39)41-3)50-35(51-32)29(42-4)34-47-26-10-19(13-37)22(40-2)11-27(26)48-34;1-15-10-22-24(12-18(15)33(34,35)36)46-31(45-22)26(40-3)32-48-27(16-8-9-21-23(11-16)44-30(43-21)25(14-38)39-2)47-29(49-32)17(13-37)28-41-19-6-4-5-7-20(19)42-28;1-34-24(15-33)29-38-22-12-11-16(13-23(22)41-29)26-42-28(17(14-32)27-36-18-7-3-4-8-19(18)37-27)44-31(43-26)25(35-2)30-39-20-9-5-6-10-21(20)40-30/h5-11H,1H3;4-12H,1H3;3-13H/b31-20-,33-28+,34-29-;30-25+,31-26+;29-24+. The molecule has 3 aromatic heterocycles. The third-order valence-electron chi connectivity index (χ3n) is 21.3. The van der Waals surface area contributed by atoms with E-state index in [4.69, 9.17) is 46.0 Å². The molecule has 144 heavy (non-hydrogen) atoms. The summed E-state index contributed by atoms with van der Waals surface area (Å²) in [6.45, 7) is 56.1. The van der Waals surface area contributed by atoms with E-state index in [1.807, 2.05) is 36.4 Å². The predicted molar refractivity (Wildman–Crippen MR) is 481 cm³/mol. The number of halogens is 3. The molecule has 0 aliphatic carbocycles. The molecule has 45 heteroatoms. The Morgan fingerprint density at radius 3 is 0.812 bits per heavy atom. The lowest BCUT2D eigenvalue weighted by atomic mass is 10.1.